The summed E-state index contributed by atoms with van der Waals surface area (Å²) >= 11 is 0. The Morgan fingerprint density at radius 2 is 2.19 bits per heavy atom. The molecule has 0 atom stereocenters. The second-order valence-electron chi connectivity index (χ2n) is 5.42. The SMILES string of the molecule is Cn1ncnc1CN1CCC(CC(=O)NCC(F)F)CC1. The molecule has 0 aliphatic carbocycles. The highest BCUT2D eigenvalue weighted by Crippen LogP contribution is 2.21. The van der Waals surface area contributed by atoms with Gasteiger partial charge in [0.2, 0.25) is 5.91 Å². The first-order valence-corrected chi connectivity index (χ1v) is 7.14. The van der Waals surface area contributed by atoms with Crippen molar-refractivity contribution in [3.05, 3.63) is 12.2 Å². The number of nitrogens with one attached hydrogen (secondary N) is 1. The van der Waals surface area contributed by atoms with E-state index < -0.39 is 13.0 Å². The first-order valence-electron chi connectivity index (χ1n) is 7.14. The predicted molar refractivity (Wildman–Crippen MR) is 72.6 cm³/mol. The molecule has 0 radical (unpaired) electrons. The van der Waals surface area contributed by atoms with Crippen LogP contribution in [0.3, 0.4) is 0 Å². The van der Waals surface area contributed by atoms with Gasteiger partial charge < -0.3 is 5.32 Å². The van der Waals surface area contributed by atoms with Gasteiger partial charge in [-0.05, 0) is 31.8 Å². The Morgan fingerprint density at radius 3 is 2.76 bits per heavy atom. The van der Waals surface area contributed by atoms with Crippen molar-refractivity contribution in [2.45, 2.75) is 32.2 Å². The number of likely N-dealkylation sites (tertiary alicyclic amines) is 1. The fraction of sp³-hybridized carbons (Fsp3) is 0.769. The van der Waals surface area contributed by atoms with Gasteiger partial charge in [-0.25, -0.2) is 13.8 Å². The fourth-order valence-corrected chi connectivity index (χ4v) is 2.54. The molecule has 21 heavy (non-hydrogen) atoms. The summed E-state index contributed by atoms with van der Waals surface area (Å²) in [6.45, 7) is 1.98. The van der Waals surface area contributed by atoms with Gasteiger partial charge in [-0.1, -0.05) is 0 Å². The van der Waals surface area contributed by atoms with E-state index in [4.69, 9.17) is 0 Å². The average Bonchev–Trinajstić information content (AvgIpc) is 2.84. The molecule has 1 saturated heterocycles. The smallest absolute Gasteiger partial charge is 0.255 e. The number of halogens is 2. The topological polar surface area (TPSA) is 63.1 Å². The van der Waals surface area contributed by atoms with Crippen molar-refractivity contribution in [1.29, 1.82) is 0 Å². The van der Waals surface area contributed by atoms with Crippen LogP contribution in [0.25, 0.3) is 0 Å². The lowest BCUT2D eigenvalue weighted by atomic mass is 9.93. The largest absolute Gasteiger partial charge is 0.350 e. The molecule has 118 valence electrons. The van der Waals surface area contributed by atoms with Crippen molar-refractivity contribution >= 4 is 5.91 Å². The highest BCUT2D eigenvalue weighted by atomic mass is 19.3. The molecule has 0 saturated carbocycles. The summed E-state index contributed by atoms with van der Waals surface area (Å²) in [4.78, 5) is 18.0. The minimum Gasteiger partial charge on any atom is -0.350 e. The van der Waals surface area contributed by atoms with Crippen LogP contribution in [0.5, 0.6) is 0 Å². The molecule has 6 nitrogen and oxygen atoms in total. The van der Waals surface area contributed by atoms with E-state index in [-0.39, 0.29) is 11.8 Å². The second kappa shape index (κ2) is 7.44. The Hall–Kier alpha value is -1.57. The maximum Gasteiger partial charge on any atom is 0.255 e. The molecule has 0 aromatic carbocycles. The van der Waals surface area contributed by atoms with Gasteiger partial charge in [-0.2, -0.15) is 5.10 Å². The number of rotatable bonds is 6. The number of nitrogens with zero attached hydrogens (tertiary/aromatic N) is 4. The van der Waals surface area contributed by atoms with Crippen LogP contribution in [-0.2, 0) is 18.4 Å². The van der Waals surface area contributed by atoms with Gasteiger partial charge in [-0.15, -0.1) is 0 Å². The molecule has 0 spiro atoms. The third kappa shape index (κ3) is 5.04. The van der Waals surface area contributed by atoms with E-state index in [1.807, 2.05) is 7.05 Å². The fourth-order valence-electron chi connectivity index (χ4n) is 2.54. The summed E-state index contributed by atoms with van der Waals surface area (Å²) in [5, 5.41) is 6.30. The first kappa shape index (κ1) is 15.8. The molecule has 1 amide bonds. The summed E-state index contributed by atoms with van der Waals surface area (Å²) < 4.78 is 25.8. The lowest BCUT2D eigenvalue weighted by Crippen LogP contribution is -2.36. The maximum absolute atomic E-state index is 12.0. The summed E-state index contributed by atoms with van der Waals surface area (Å²) in [6, 6.07) is 0. The predicted octanol–water partition coefficient (Wildman–Crippen LogP) is 0.798. The van der Waals surface area contributed by atoms with Gasteiger partial charge in [0, 0.05) is 13.5 Å². The number of amides is 1. The van der Waals surface area contributed by atoms with Crippen LogP contribution in [0.2, 0.25) is 0 Å². The maximum atomic E-state index is 12.0. The molecule has 0 bridgehead atoms. The summed E-state index contributed by atoms with van der Waals surface area (Å²) in [5.41, 5.74) is 0. The van der Waals surface area contributed by atoms with Gasteiger partial charge in [-0.3, -0.25) is 14.4 Å². The Kier molecular flexibility index (Phi) is 5.60. The summed E-state index contributed by atoms with van der Waals surface area (Å²) in [7, 11) is 1.86. The molecule has 1 fully saturated rings. The number of carbonyl (C=O) groups is 1. The standard InChI is InChI=1S/C13H21F2N5O/c1-19-12(17-9-18-19)8-20-4-2-10(3-5-20)6-13(21)16-7-11(14)15/h9-11H,2-8H2,1H3,(H,16,21). The normalized spacial score (nSPS) is 17.3. The zero-order valence-electron chi connectivity index (χ0n) is 12.1. The number of piperidine rings is 1. The number of aromatic nitrogens is 3. The monoisotopic (exact) mass is 301 g/mol. The summed E-state index contributed by atoms with van der Waals surface area (Å²) in [6.07, 6.45) is 1.20. The van der Waals surface area contributed by atoms with E-state index in [0.717, 1.165) is 38.3 Å². The van der Waals surface area contributed by atoms with E-state index in [1.165, 1.54) is 6.33 Å². The summed E-state index contributed by atoms with van der Waals surface area (Å²) in [5.74, 6) is 0.920. The third-order valence-electron chi connectivity index (χ3n) is 3.80. The van der Waals surface area contributed by atoms with Gasteiger partial charge in [0.1, 0.15) is 12.2 Å². The highest BCUT2D eigenvalue weighted by Gasteiger charge is 2.22. The van der Waals surface area contributed by atoms with Crippen LogP contribution in [0.4, 0.5) is 8.78 Å². The van der Waals surface area contributed by atoms with Crippen LogP contribution in [0.15, 0.2) is 6.33 Å². The number of carbonyl (C=O) groups excluding carboxylic acids is 1. The van der Waals surface area contributed by atoms with Crippen molar-refractivity contribution in [2.75, 3.05) is 19.6 Å². The number of hydrogen-bond acceptors (Lipinski definition) is 4. The molecule has 8 heteroatoms. The van der Waals surface area contributed by atoms with Crippen molar-refractivity contribution in [1.82, 2.24) is 25.0 Å². The zero-order valence-corrected chi connectivity index (χ0v) is 12.1. The van der Waals surface area contributed by atoms with Gasteiger partial charge >= 0.3 is 0 Å². The molecule has 2 rings (SSSR count). The Morgan fingerprint density at radius 1 is 1.48 bits per heavy atom. The van der Waals surface area contributed by atoms with Gasteiger partial charge in [0.05, 0.1) is 13.1 Å². The number of alkyl halides is 2. The van der Waals surface area contributed by atoms with E-state index in [2.05, 4.69) is 20.3 Å². The molecule has 1 aromatic heterocycles. The number of aryl methyl sites for hydroxylation is 1. The van der Waals surface area contributed by atoms with Gasteiger partial charge in [0.15, 0.2) is 0 Å². The van der Waals surface area contributed by atoms with Crippen LogP contribution in [-0.4, -0.2) is 51.6 Å². The molecule has 0 unspecified atom stereocenters. The van der Waals surface area contributed by atoms with E-state index >= 15 is 0 Å². The van der Waals surface area contributed by atoms with Crippen molar-refractivity contribution < 1.29 is 13.6 Å². The van der Waals surface area contributed by atoms with Crippen LogP contribution < -0.4 is 5.32 Å². The lowest BCUT2D eigenvalue weighted by molar-refractivity contribution is -0.123. The minimum atomic E-state index is -2.48. The molecular weight excluding hydrogens is 280 g/mol. The van der Waals surface area contributed by atoms with Crippen molar-refractivity contribution in [3.63, 3.8) is 0 Å². The number of hydrogen-bond donors (Lipinski definition) is 1. The average molecular weight is 301 g/mol. The van der Waals surface area contributed by atoms with Crippen LogP contribution >= 0.6 is 0 Å². The second-order valence-corrected chi connectivity index (χ2v) is 5.42. The molecule has 1 aliphatic rings. The van der Waals surface area contributed by atoms with Gasteiger partial charge in [0.25, 0.3) is 6.43 Å². The van der Waals surface area contributed by atoms with Crippen molar-refractivity contribution in [3.8, 4) is 0 Å². The molecule has 1 aromatic rings. The zero-order chi connectivity index (χ0) is 15.2. The van der Waals surface area contributed by atoms with E-state index in [0.29, 0.717) is 6.42 Å². The minimum absolute atomic E-state index is 0.276. The molecular formula is C13H21F2N5O. The quantitative estimate of drug-likeness (QED) is 0.844. The highest BCUT2D eigenvalue weighted by molar-refractivity contribution is 5.76. The third-order valence-corrected chi connectivity index (χ3v) is 3.80. The Balaban J connectivity index is 1.68. The van der Waals surface area contributed by atoms with Crippen LogP contribution in [0.1, 0.15) is 25.1 Å². The lowest BCUT2D eigenvalue weighted by Gasteiger charge is -2.31. The Bertz CT molecular complexity index is 457. The first-order chi connectivity index (χ1) is 10.0. The molecule has 2 heterocycles. The Labute approximate surface area is 122 Å². The molecule has 1 N–H and O–H groups in total. The molecule has 1 aliphatic heterocycles. The van der Waals surface area contributed by atoms with Crippen LogP contribution in [0, 0.1) is 5.92 Å². The van der Waals surface area contributed by atoms with E-state index in [9.17, 15) is 13.6 Å². The van der Waals surface area contributed by atoms with Crippen molar-refractivity contribution in [2.24, 2.45) is 13.0 Å². The van der Waals surface area contributed by atoms with E-state index in [1.54, 1.807) is 4.68 Å².